The molecule has 1 heterocycles. The van der Waals surface area contributed by atoms with Crippen LogP contribution in [0.1, 0.15) is 44.9 Å². The molecular weight excluding hydrogens is 258 g/mol. The summed E-state index contributed by atoms with van der Waals surface area (Å²) in [7, 11) is 1.52. The lowest BCUT2D eigenvalue weighted by Gasteiger charge is -2.39. The van der Waals surface area contributed by atoms with Gasteiger partial charge in [0.1, 0.15) is 5.41 Å². The van der Waals surface area contributed by atoms with Gasteiger partial charge in [-0.15, -0.1) is 0 Å². The zero-order valence-electron chi connectivity index (χ0n) is 12.3. The maximum Gasteiger partial charge on any atom is 0.313 e. The number of carbonyl (C=O) groups is 2. The Balaban J connectivity index is 1.90. The van der Waals surface area contributed by atoms with E-state index >= 15 is 0 Å². The van der Waals surface area contributed by atoms with E-state index in [1.165, 1.54) is 26.4 Å². The van der Waals surface area contributed by atoms with Gasteiger partial charge in [-0.05, 0) is 25.2 Å². The van der Waals surface area contributed by atoms with Gasteiger partial charge >= 0.3 is 5.97 Å². The number of rotatable bonds is 6. The predicted octanol–water partition coefficient (Wildman–Crippen LogP) is 1.91. The smallest absolute Gasteiger partial charge is 0.313 e. The summed E-state index contributed by atoms with van der Waals surface area (Å²) in [4.78, 5) is 25.5. The lowest BCUT2D eigenvalue weighted by atomic mass is 9.80. The first-order chi connectivity index (χ1) is 9.57. The molecule has 0 aromatic carbocycles. The molecule has 1 unspecified atom stereocenters. The third-order valence-corrected chi connectivity index (χ3v) is 4.80. The Hall–Kier alpha value is -1.10. The molecule has 5 heteroatoms. The van der Waals surface area contributed by atoms with E-state index in [2.05, 4.69) is 0 Å². The molecule has 0 aromatic heterocycles. The highest BCUT2D eigenvalue weighted by Gasteiger charge is 2.43. The minimum absolute atomic E-state index is 0.110. The van der Waals surface area contributed by atoms with Gasteiger partial charge in [-0.25, -0.2) is 0 Å². The number of nitrogens with zero attached hydrogens (tertiary/aromatic N) is 1. The zero-order valence-corrected chi connectivity index (χ0v) is 12.3. The summed E-state index contributed by atoms with van der Waals surface area (Å²) in [5, 5.41) is 9.47. The van der Waals surface area contributed by atoms with Crippen LogP contribution in [0.15, 0.2) is 0 Å². The molecule has 0 radical (unpaired) electrons. The Labute approximate surface area is 120 Å². The minimum atomic E-state index is -0.918. The van der Waals surface area contributed by atoms with Crippen LogP contribution >= 0.6 is 0 Å². The Kier molecular flexibility index (Phi) is 5.02. The monoisotopic (exact) mass is 283 g/mol. The van der Waals surface area contributed by atoms with Crippen LogP contribution in [-0.2, 0) is 14.3 Å². The summed E-state index contributed by atoms with van der Waals surface area (Å²) in [5.41, 5.74) is -0.918. The van der Waals surface area contributed by atoms with Gasteiger partial charge in [-0.2, -0.15) is 0 Å². The molecule has 1 saturated heterocycles. The summed E-state index contributed by atoms with van der Waals surface area (Å²) in [6.07, 6.45) is 6.63. The van der Waals surface area contributed by atoms with Gasteiger partial charge in [0.25, 0.3) is 0 Å². The highest BCUT2D eigenvalue weighted by Crippen LogP contribution is 2.33. The van der Waals surface area contributed by atoms with Crippen molar-refractivity contribution in [3.05, 3.63) is 0 Å². The van der Waals surface area contributed by atoms with Crippen LogP contribution in [-0.4, -0.2) is 48.7 Å². The van der Waals surface area contributed by atoms with E-state index in [4.69, 9.17) is 4.74 Å². The van der Waals surface area contributed by atoms with Gasteiger partial charge in [0.15, 0.2) is 0 Å². The van der Waals surface area contributed by atoms with E-state index in [0.29, 0.717) is 31.8 Å². The third-order valence-electron chi connectivity index (χ3n) is 4.80. The SMILES string of the molecule is COCC1(C(=O)O)CCCN(C(=O)CCC2CCC2)C1. The lowest BCUT2D eigenvalue weighted by Crippen LogP contribution is -2.52. The number of carbonyl (C=O) groups excluding carboxylic acids is 1. The molecule has 1 aliphatic carbocycles. The number of likely N-dealkylation sites (tertiary alicyclic amines) is 1. The number of ether oxygens (including phenoxy) is 1. The van der Waals surface area contributed by atoms with Crippen molar-refractivity contribution in [2.75, 3.05) is 26.8 Å². The third kappa shape index (κ3) is 3.32. The van der Waals surface area contributed by atoms with Crippen molar-refractivity contribution in [3.8, 4) is 0 Å². The number of hydrogen-bond acceptors (Lipinski definition) is 3. The van der Waals surface area contributed by atoms with E-state index < -0.39 is 11.4 Å². The summed E-state index contributed by atoms with van der Waals surface area (Å²) >= 11 is 0. The number of methoxy groups -OCH3 is 1. The van der Waals surface area contributed by atoms with E-state index in [1.54, 1.807) is 4.90 Å². The number of carboxylic acids is 1. The topological polar surface area (TPSA) is 66.8 Å². The number of aliphatic carboxylic acids is 1. The highest BCUT2D eigenvalue weighted by atomic mass is 16.5. The molecule has 0 aromatic rings. The van der Waals surface area contributed by atoms with Gasteiger partial charge in [0, 0.05) is 26.6 Å². The van der Waals surface area contributed by atoms with Crippen molar-refractivity contribution in [3.63, 3.8) is 0 Å². The average molecular weight is 283 g/mol. The summed E-state index contributed by atoms with van der Waals surface area (Å²) in [6, 6.07) is 0. The highest BCUT2D eigenvalue weighted by molar-refractivity contribution is 5.79. The molecule has 20 heavy (non-hydrogen) atoms. The Morgan fingerprint density at radius 2 is 2.10 bits per heavy atom. The van der Waals surface area contributed by atoms with E-state index in [-0.39, 0.29) is 12.5 Å². The van der Waals surface area contributed by atoms with Crippen molar-refractivity contribution in [2.45, 2.75) is 44.9 Å². The second-order valence-corrected chi connectivity index (χ2v) is 6.27. The summed E-state index contributed by atoms with van der Waals surface area (Å²) < 4.78 is 5.08. The molecule has 1 N–H and O–H groups in total. The van der Waals surface area contributed by atoms with Gasteiger partial charge in [-0.3, -0.25) is 9.59 Å². The first kappa shape index (κ1) is 15.3. The Morgan fingerprint density at radius 1 is 1.35 bits per heavy atom. The van der Waals surface area contributed by atoms with Crippen LogP contribution in [0.2, 0.25) is 0 Å². The molecule has 1 saturated carbocycles. The second kappa shape index (κ2) is 6.57. The van der Waals surface area contributed by atoms with Crippen LogP contribution in [0.3, 0.4) is 0 Å². The van der Waals surface area contributed by atoms with E-state index in [0.717, 1.165) is 12.8 Å². The molecule has 2 aliphatic rings. The summed E-state index contributed by atoms with van der Waals surface area (Å²) in [5.74, 6) is -0.0267. The maximum absolute atomic E-state index is 12.2. The normalized spacial score (nSPS) is 27.1. The average Bonchev–Trinajstić information content (AvgIpc) is 2.37. The van der Waals surface area contributed by atoms with Crippen molar-refractivity contribution in [1.82, 2.24) is 4.90 Å². The van der Waals surface area contributed by atoms with Gasteiger partial charge in [0.2, 0.25) is 5.91 Å². The maximum atomic E-state index is 12.2. The molecular formula is C15H25NO4. The first-order valence-electron chi connectivity index (χ1n) is 7.57. The molecule has 5 nitrogen and oxygen atoms in total. The first-order valence-corrected chi connectivity index (χ1v) is 7.57. The zero-order chi connectivity index (χ0) is 14.6. The molecule has 2 rings (SSSR count). The van der Waals surface area contributed by atoms with E-state index in [9.17, 15) is 14.7 Å². The van der Waals surface area contributed by atoms with Crippen LogP contribution in [0.5, 0.6) is 0 Å². The second-order valence-electron chi connectivity index (χ2n) is 6.27. The molecule has 1 atom stereocenters. The number of hydrogen-bond donors (Lipinski definition) is 1. The quantitative estimate of drug-likeness (QED) is 0.808. The fourth-order valence-electron chi connectivity index (χ4n) is 3.24. The van der Waals surface area contributed by atoms with Crippen molar-refractivity contribution in [2.24, 2.45) is 11.3 Å². The van der Waals surface area contributed by atoms with Crippen LogP contribution < -0.4 is 0 Å². The van der Waals surface area contributed by atoms with Crippen molar-refractivity contribution >= 4 is 11.9 Å². The molecule has 0 spiro atoms. The number of piperidine rings is 1. The Bertz CT molecular complexity index is 363. The van der Waals surface area contributed by atoms with Crippen molar-refractivity contribution < 1.29 is 19.4 Å². The van der Waals surface area contributed by atoms with Gasteiger partial charge in [0.05, 0.1) is 6.61 Å². The van der Waals surface area contributed by atoms with Crippen LogP contribution in [0, 0.1) is 11.3 Å². The number of carboxylic acid groups (broad SMARTS) is 1. The molecule has 0 bridgehead atoms. The molecule has 1 aliphatic heterocycles. The van der Waals surface area contributed by atoms with Gasteiger partial charge in [-0.1, -0.05) is 19.3 Å². The lowest BCUT2D eigenvalue weighted by molar-refractivity contribution is -0.159. The van der Waals surface area contributed by atoms with Crippen molar-refractivity contribution in [1.29, 1.82) is 0 Å². The largest absolute Gasteiger partial charge is 0.481 e. The summed E-state index contributed by atoms with van der Waals surface area (Å²) in [6.45, 7) is 1.15. The van der Waals surface area contributed by atoms with Crippen LogP contribution in [0.25, 0.3) is 0 Å². The Morgan fingerprint density at radius 3 is 2.65 bits per heavy atom. The van der Waals surface area contributed by atoms with Gasteiger partial charge < -0.3 is 14.7 Å². The molecule has 114 valence electrons. The standard InChI is InChI=1S/C15H25NO4/c1-20-11-15(14(18)19)8-3-9-16(10-15)13(17)7-6-12-4-2-5-12/h12H,2-11H2,1H3,(H,18,19). The van der Waals surface area contributed by atoms with E-state index in [1.807, 2.05) is 0 Å². The number of amides is 1. The molecule has 2 fully saturated rings. The fraction of sp³-hybridized carbons (Fsp3) is 0.867. The van der Waals surface area contributed by atoms with Crippen LogP contribution in [0.4, 0.5) is 0 Å². The molecule has 1 amide bonds. The minimum Gasteiger partial charge on any atom is -0.481 e. The predicted molar refractivity (Wildman–Crippen MR) is 74.3 cm³/mol. The fourth-order valence-corrected chi connectivity index (χ4v) is 3.24.